The molecule has 0 saturated heterocycles. The van der Waals surface area contributed by atoms with Crippen LogP contribution in [-0.4, -0.2) is 18.2 Å². The molecule has 3 heteroatoms. The van der Waals surface area contributed by atoms with Crippen LogP contribution >= 0.6 is 0 Å². The highest BCUT2D eigenvalue weighted by Crippen LogP contribution is 2.33. The summed E-state index contributed by atoms with van der Waals surface area (Å²) in [5.41, 5.74) is 3.03. The molecule has 100 valence electrons. The standard InChI is InChI=1S/C14H13NO2.C2H6/c1-10-3-2-4-12(15-10)11-5-6-13-14(9-11)17-8-7-16-13;1-2/h2-6,9H,7-8H2,1H3;1-2H3. The lowest BCUT2D eigenvalue weighted by Gasteiger charge is -2.18. The molecule has 0 atom stereocenters. The fourth-order valence-corrected chi connectivity index (χ4v) is 1.91. The number of fused-ring (bicyclic) bond motifs is 1. The van der Waals surface area contributed by atoms with E-state index >= 15 is 0 Å². The number of hydrogen-bond acceptors (Lipinski definition) is 3. The molecular formula is C16H19NO2. The Morgan fingerprint density at radius 3 is 2.42 bits per heavy atom. The van der Waals surface area contributed by atoms with Gasteiger partial charge >= 0.3 is 0 Å². The van der Waals surface area contributed by atoms with Crippen LogP contribution in [0, 0.1) is 6.92 Å². The number of pyridine rings is 1. The minimum atomic E-state index is 0.609. The van der Waals surface area contributed by atoms with E-state index in [1.54, 1.807) is 0 Å². The zero-order chi connectivity index (χ0) is 13.7. The third kappa shape index (κ3) is 3.05. The summed E-state index contributed by atoms with van der Waals surface area (Å²) in [6, 6.07) is 11.9. The van der Waals surface area contributed by atoms with Crippen molar-refractivity contribution in [1.82, 2.24) is 4.98 Å². The monoisotopic (exact) mass is 257 g/mol. The van der Waals surface area contributed by atoms with Crippen molar-refractivity contribution in [2.24, 2.45) is 0 Å². The lowest BCUT2D eigenvalue weighted by Crippen LogP contribution is -2.15. The summed E-state index contributed by atoms with van der Waals surface area (Å²) >= 11 is 0. The Hall–Kier alpha value is -2.03. The normalized spacial score (nSPS) is 12.4. The molecule has 0 spiro atoms. The molecule has 0 aliphatic carbocycles. The van der Waals surface area contributed by atoms with Crippen molar-refractivity contribution >= 4 is 0 Å². The highest BCUT2D eigenvalue weighted by molar-refractivity contribution is 5.64. The van der Waals surface area contributed by atoms with Gasteiger partial charge in [-0.05, 0) is 37.3 Å². The summed E-state index contributed by atoms with van der Waals surface area (Å²) in [4.78, 5) is 4.50. The highest BCUT2D eigenvalue weighted by Gasteiger charge is 2.12. The molecule has 0 unspecified atom stereocenters. The molecule has 19 heavy (non-hydrogen) atoms. The lowest BCUT2D eigenvalue weighted by molar-refractivity contribution is 0.171. The maximum absolute atomic E-state index is 5.56. The van der Waals surface area contributed by atoms with Crippen LogP contribution in [0.2, 0.25) is 0 Å². The molecule has 3 nitrogen and oxygen atoms in total. The second-order valence-electron chi connectivity index (χ2n) is 4.02. The Morgan fingerprint density at radius 2 is 1.68 bits per heavy atom. The summed E-state index contributed by atoms with van der Waals surface area (Å²) in [5, 5.41) is 0. The number of ether oxygens (including phenoxy) is 2. The van der Waals surface area contributed by atoms with Crippen molar-refractivity contribution < 1.29 is 9.47 Å². The summed E-state index contributed by atoms with van der Waals surface area (Å²) in [5.74, 6) is 1.62. The Balaban J connectivity index is 0.000000637. The van der Waals surface area contributed by atoms with Crippen molar-refractivity contribution in [3.05, 3.63) is 42.1 Å². The minimum absolute atomic E-state index is 0.609. The van der Waals surface area contributed by atoms with E-state index < -0.39 is 0 Å². The maximum atomic E-state index is 5.56. The first kappa shape index (κ1) is 13.4. The second kappa shape index (κ2) is 6.23. The molecule has 2 aromatic rings. The molecule has 0 N–H and O–H groups in total. The van der Waals surface area contributed by atoms with Crippen LogP contribution in [0.25, 0.3) is 11.3 Å². The molecule has 0 saturated carbocycles. The van der Waals surface area contributed by atoms with E-state index in [-0.39, 0.29) is 0 Å². The molecule has 0 amide bonds. The molecule has 0 radical (unpaired) electrons. The van der Waals surface area contributed by atoms with Crippen LogP contribution in [-0.2, 0) is 0 Å². The predicted molar refractivity (Wildman–Crippen MR) is 76.7 cm³/mol. The van der Waals surface area contributed by atoms with Crippen molar-refractivity contribution in [3.8, 4) is 22.8 Å². The van der Waals surface area contributed by atoms with Gasteiger partial charge < -0.3 is 9.47 Å². The van der Waals surface area contributed by atoms with E-state index in [1.807, 2.05) is 57.2 Å². The second-order valence-corrected chi connectivity index (χ2v) is 4.02. The van der Waals surface area contributed by atoms with Crippen LogP contribution < -0.4 is 9.47 Å². The van der Waals surface area contributed by atoms with Crippen LogP contribution in [0.5, 0.6) is 11.5 Å². The first-order valence-electron chi connectivity index (χ1n) is 6.66. The van der Waals surface area contributed by atoms with Crippen molar-refractivity contribution in [2.75, 3.05) is 13.2 Å². The molecule has 1 aromatic heterocycles. The van der Waals surface area contributed by atoms with Gasteiger partial charge in [0.05, 0.1) is 5.69 Å². The molecule has 1 aliphatic rings. The molecule has 0 bridgehead atoms. The van der Waals surface area contributed by atoms with Gasteiger partial charge in [0.15, 0.2) is 11.5 Å². The van der Waals surface area contributed by atoms with Gasteiger partial charge in [0.25, 0.3) is 0 Å². The molecular weight excluding hydrogens is 238 g/mol. The Labute approximate surface area is 114 Å². The molecule has 0 fully saturated rings. The van der Waals surface area contributed by atoms with Gasteiger partial charge in [-0.1, -0.05) is 19.9 Å². The summed E-state index contributed by atoms with van der Waals surface area (Å²) < 4.78 is 11.1. The lowest BCUT2D eigenvalue weighted by atomic mass is 10.1. The molecule has 2 heterocycles. The van der Waals surface area contributed by atoms with E-state index in [9.17, 15) is 0 Å². The first-order chi connectivity index (χ1) is 9.33. The van der Waals surface area contributed by atoms with Gasteiger partial charge in [-0.15, -0.1) is 0 Å². The molecule has 1 aromatic carbocycles. The van der Waals surface area contributed by atoms with Crippen LogP contribution in [0.15, 0.2) is 36.4 Å². The van der Waals surface area contributed by atoms with E-state index in [0.29, 0.717) is 13.2 Å². The summed E-state index contributed by atoms with van der Waals surface area (Å²) in [7, 11) is 0. The van der Waals surface area contributed by atoms with Gasteiger partial charge in [0.1, 0.15) is 13.2 Å². The van der Waals surface area contributed by atoms with Gasteiger partial charge in [0.2, 0.25) is 0 Å². The number of nitrogens with zero attached hydrogens (tertiary/aromatic N) is 1. The summed E-state index contributed by atoms with van der Waals surface area (Å²) in [6.45, 7) is 7.22. The largest absolute Gasteiger partial charge is 0.486 e. The van der Waals surface area contributed by atoms with Crippen molar-refractivity contribution in [3.63, 3.8) is 0 Å². The average Bonchev–Trinajstić information content (AvgIpc) is 2.49. The first-order valence-corrected chi connectivity index (χ1v) is 6.66. The number of aryl methyl sites for hydroxylation is 1. The maximum Gasteiger partial charge on any atom is 0.162 e. The topological polar surface area (TPSA) is 31.4 Å². The Kier molecular flexibility index (Phi) is 4.39. The van der Waals surface area contributed by atoms with Gasteiger partial charge in [0, 0.05) is 11.3 Å². The van der Waals surface area contributed by atoms with Crippen molar-refractivity contribution in [2.45, 2.75) is 20.8 Å². The fourth-order valence-electron chi connectivity index (χ4n) is 1.91. The number of hydrogen-bond donors (Lipinski definition) is 0. The third-order valence-corrected chi connectivity index (χ3v) is 2.73. The fraction of sp³-hybridized carbons (Fsp3) is 0.312. The quantitative estimate of drug-likeness (QED) is 0.777. The van der Waals surface area contributed by atoms with E-state index in [4.69, 9.17) is 9.47 Å². The zero-order valence-corrected chi connectivity index (χ0v) is 11.6. The van der Waals surface area contributed by atoms with Gasteiger partial charge in [-0.25, -0.2) is 0 Å². The smallest absolute Gasteiger partial charge is 0.162 e. The number of rotatable bonds is 1. The van der Waals surface area contributed by atoms with E-state index in [0.717, 1.165) is 28.5 Å². The van der Waals surface area contributed by atoms with Crippen molar-refractivity contribution in [1.29, 1.82) is 0 Å². The Bertz CT molecular complexity index is 552. The predicted octanol–water partition coefficient (Wildman–Crippen LogP) is 3.85. The van der Waals surface area contributed by atoms with Crippen LogP contribution in [0.3, 0.4) is 0 Å². The van der Waals surface area contributed by atoms with Crippen LogP contribution in [0.4, 0.5) is 0 Å². The molecule has 3 rings (SSSR count). The average molecular weight is 257 g/mol. The number of benzene rings is 1. The molecule has 1 aliphatic heterocycles. The Morgan fingerprint density at radius 1 is 0.947 bits per heavy atom. The highest BCUT2D eigenvalue weighted by atomic mass is 16.6. The van der Waals surface area contributed by atoms with E-state index in [1.165, 1.54) is 0 Å². The van der Waals surface area contributed by atoms with Gasteiger partial charge in [-0.3, -0.25) is 4.98 Å². The SMILES string of the molecule is CC.Cc1cccc(-c2ccc3c(c2)OCCO3)n1. The van der Waals surface area contributed by atoms with Crippen LogP contribution in [0.1, 0.15) is 19.5 Å². The third-order valence-electron chi connectivity index (χ3n) is 2.73. The summed E-state index contributed by atoms with van der Waals surface area (Å²) in [6.07, 6.45) is 0. The number of aromatic nitrogens is 1. The zero-order valence-electron chi connectivity index (χ0n) is 11.6. The minimum Gasteiger partial charge on any atom is -0.486 e. The van der Waals surface area contributed by atoms with E-state index in [2.05, 4.69) is 4.98 Å². The van der Waals surface area contributed by atoms with Gasteiger partial charge in [-0.2, -0.15) is 0 Å².